The Labute approximate surface area is 104 Å². The molecule has 1 fully saturated rings. The predicted molar refractivity (Wildman–Crippen MR) is 70.0 cm³/mol. The van der Waals surface area contributed by atoms with Gasteiger partial charge in [-0.15, -0.1) is 0 Å². The number of likely N-dealkylation sites (N-methyl/N-ethyl adjacent to an activating group) is 1. The largest absolute Gasteiger partial charge is 0.336 e. The van der Waals surface area contributed by atoms with Crippen LogP contribution in [0.3, 0.4) is 0 Å². The molecule has 0 radical (unpaired) electrons. The van der Waals surface area contributed by atoms with Gasteiger partial charge in [-0.05, 0) is 26.4 Å². The number of hydrogen-bond acceptors (Lipinski definition) is 3. The Hall–Kier alpha value is -0.870. The first kappa shape index (κ1) is 12.6. The van der Waals surface area contributed by atoms with Crippen LogP contribution in [0.15, 0.2) is 12.5 Å². The molecule has 4 heteroatoms. The van der Waals surface area contributed by atoms with E-state index in [9.17, 15) is 0 Å². The molecule has 0 amide bonds. The SMILES string of the molecule is CN1CCCC1Cn1cnc(C(C)(C)CN)c1. The quantitative estimate of drug-likeness (QED) is 0.855. The lowest BCUT2D eigenvalue weighted by molar-refractivity contribution is 0.282. The Morgan fingerprint density at radius 1 is 1.53 bits per heavy atom. The molecule has 1 aromatic heterocycles. The maximum Gasteiger partial charge on any atom is 0.0950 e. The van der Waals surface area contributed by atoms with Crippen molar-refractivity contribution >= 4 is 0 Å². The van der Waals surface area contributed by atoms with Crippen molar-refractivity contribution in [2.24, 2.45) is 5.73 Å². The lowest BCUT2D eigenvalue weighted by atomic mass is 9.90. The Morgan fingerprint density at radius 2 is 2.29 bits per heavy atom. The summed E-state index contributed by atoms with van der Waals surface area (Å²) in [6.45, 7) is 7.18. The van der Waals surface area contributed by atoms with E-state index in [0.717, 1.165) is 12.2 Å². The van der Waals surface area contributed by atoms with Crippen LogP contribution in [0.25, 0.3) is 0 Å². The maximum absolute atomic E-state index is 5.78. The molecule has 2 heterocycles. The number of likely N-dealkylation sites (tertiary alicyclic amines) is 1. The second-order valence-corrected chi connectivity index (χ2v) is 5.82. The van der Waals surface area contributed by atoms with E-state index >= 15 is 0 Å². The van der Waals surface area contributed by atoms with Gasteiger partial charge in [0, 0.05) is 30.7 Å². The van der Waals surface area contributed by atoms with Crippen LogP contribution in [0.5, 0.6) is 0 Å². The van der Waals surface area contributed by atoms with E-state index < -0.39 is 0 Å². The Kier molecular flexibility index (Phi) is 3.54. The van der Waals surface area contributed by atoms with Crippen molar-refractivity contribution < 1.29 is 0 Å². The van der Waals surface area contributed by atoms with Gasteiger partial charge in [0.15, 0.2) is 0 Å². The highest BCUT2D eigenvalue weighted by Gasteiger charge is 2.24. The summed E-state index contributed by atoms with van der Waals surface area (Å²) in [5.41, 5.74) is 6.85. The third kappa shape index (κ3) is 2.69. The molecule has 0 aromatic carbocycles. The summed E-state index contributed by atoms with van der Waals surface area (Å²) in [5, 5.41) is 0. The third-order valence-corrected chi connectivity index (χ3v) is 3.93. The minimum Gasteiger partial charge on any atom is -0.336 e. The van der Waals surface area contributed by atoms with E-state index in [2.05, 4.69) is 41.5 Å². The molecule has 1 unspecified atom stereocenters. The minimum absolute atomic E-state index is 0.0210. The van der Waals surface area contributed by atoms with Crippen LogP contribution in [-0.4, -0.2) is 40.6 Å². The lowest BCUT2D eigenvalue weighted by Crippen LogP contribution is -2.29. The van der Waals surface area contributed by atoms with Gasteiger partial charge in [-0.1, -0.05) is 13.8 Å². The third-order valence-electron chi connectivity index (χ3n) is 3.93. The molecule has 1 saturated heterocycles. The number of imidazole rings is 1. The Balaban J connectivity index is 2.03. The smallest absolute Gasteiger partial charge is 0.0950 e. The first-order chi connectivity index (χ1) is 8.03. The summed E-state index contributed by atoms with van der Waals surface area (Å²) in [5.74, 6) is 0. The monoisotopic (exact) mass is 236 g/mol. The van der Waals surface area contributed by atoms with Crippen molar-refractivity contribution in [1.29, 1.82) is 0 Å². The van der Waals surface area contributed by atoms with E-state index in [4.69, 9.17) is 5.73 Å². The summed E-state index contributed by atoms with van der Waals surface area (Å²) in [6, 6.07) is 0.665. The molecular formula is C13H24N4. The molecule has 0 spiro atoms. The van der Waals surface area contributed by atoms with E-state index in [1.54, 1.807) is 0 Å². The van der Waals surface area contributed by atoms with E-state index in [1.807, 2.05) is 6.33 Å². The highest BCUT2D eigenvalue weighted by Crippen LogP contribution is 2.21. The molecule has 0 saturated carbocycles. The first-order valence-electron chi connectivity index (χ1n) is 6.45. The fraction of sp³-hybridized carbons (Fsp3) is 0.769. The zero-order valence-electron chi connectivity index (χ0n) is 11.2. The molecule has 1 aliphatic rings. The van der Waals surface area contributed by atoms with Crippen molar-refractivity contribution in [3.05, 3.63) is 18.2 Å². The lowest BCUT2D eigenvalue weighted by Gasteiger charge is -2.20. The number of hydrogen-bond donors (Lipinski definition) is 1. The standard InChI is InChI=1S/C13H24N4/c1-13(2,9-14)12-8-17(10-15-12)7-11-5-4-6-16(11)3/h8,10-11H,4-7,9,14H2,1-3H3. The van der Waals surface area contributed by atoms with Crippen LogP contribution in [0.4, 0.5) is 0 Å². The zero-order chi connectivity index (χ0) is 12.5. The summed E-state index contributed by atoms with van der Waals surface area (Å²) < 4.78 is 2.21. The zero-order valence-corrected chi connectivity index (χ0v) is 11.2. The van der Waals surface area contributed by atoms with Crippen LogP contribution in [0.1, 0.15) is 32.4 Å². The number of rotatable bonds is 4. The van der Waals surface area contributed by atoms with Crippen molar-refractivity contribution in [2.75, 3.05) is 20.1 Å². The number of nitrogens with two attached hydrogens (primary N) is 1. The summed E-state index contributed by atoms with van der Waals surface area (Å²) >= 11 is 0. The van der Waals surface area contributed by atoms with Crippen molar-refractivity contribution in [3.63, 3.8) is 0 Å². The van der Waals surface area contributed by atoms with Gasteiger partial charge in [-0.3, -0.25) is 0 Å². The summed E-state index contributed by atoms with van der Waals surface area (Å²) in [6.07, 6.45) is 6.71. The van der Waals surface area contributed by atoms with Crippen LogP contribution >= 0.6 is 0 Å². The van der Waals surface area contributed by atoms with Gasteiger partial charge in [-0.25, -0.2) is 4.98 Å². The second-order valence-electron chi connectivity index (χ2n) is 5.82. The molecule has 1 aromatic rings. The topological polar surface area (TPSA) is 47.1 Å². The molecule has 0 bridgehead atoms. The Bertz CT molecular complexity index is 369. The highest BCUT2D eigenvalue weighted by molar-refractivity contribution is 5.11. The van der Waals surface area contributed by atoms with Crippen molar-refractivity contribution in [1.82, 2.24) is 14.5 Å². The fourth-order valence-electron chi connectivity index (χ4n) is 2.37. The molecule has 1 atom stereocenters. The molecule has 0 aliphatic carbocycles. The highest BCUT2D eigenvalue weighted by atomic mass is 15.2. The second kappa shape index (κ2) is 4.78. The van der Waals surface area contributed by atoms with Gasteiger partial charge in [-0.2, -0.15) is 0 Å². The maximum atomic E-state index is 5.78. The van der Waals surface area contributed by atoms with Gasteiger partial charge < -0.3 is 15.2 Å². The van der Waals surface area contributed by atoms with Crippen molar-refractivity contribution in [2.45, 2.75) is 44.7 Å². The molecule has 2 N–H and O–H groups in total. The van der Waals surface area contributed by atoms with Gasteiger partial charge in [0.05, 0.1) is 12.0 Å². The predicted octanol–water partition coefficient (Wildman–Crippen LogP) is 1.21. The number of aromatic nitrogens is 2. The molecule has 4 nitrogen and oxygen atoms in total. The average Bonchev–Trinajstić information content (AvgIpc) is 2.90. The fourth-order valence-corrected chi connectivity index (χ4v) is 2.37. The minimum atomic E-state index is -0.0210. The average molecular weight is 236 g/mol. The molecule has 96 valence electrons. The first-order valence-corrected chi connectivity index (χ1v) is 6.45. The molecule has 2 rings (SSSR count). The molecular weight excluding hydrogens is 212 g/mol. The van der Waals surface area contributed by atoms with Crippen LogP contribution in [0, 0.1) is 0 Å². The van der Waals surface area contributed by atoms with E-state index in [1.165, 1.54) is 19.4 Å². The normalized spacial score (nSPS) is 22.2. The number of nitrogens with zero attached hydrogens (tertiary/aromatic N) is 3. The van der Waals surface area contributed by atoms with Crippen LogP contribution < -0.4 is 5.73 Å². The summed E-state index contributed by atoms with van der Waals surface area (Å²) in [7, 11) is 2.21. The van der Waals surface area contributed by atoms with Gasteiger partial charge >= 0.3 is 0 Å². The van der Waals surface area contributed by atoms with Crippen LogP contribution in [-0.2, 0) is 12.0 Å². The molecule has 1 aliphatic heterocycles. The molecule has 17 heavy (non-hydrogen) atoms. The van der Waals surface area contributed by atoms with Crippen molar-refractivity contribution in [3.8, 4) is 0 Å². The Morgan fingerprint density at radius 3 is 2.88 bits per heavy atom. The van der Waals surface area contributed by atoms with Gasteiger partial charge in [0.2, 0.25) is 0 Å². The van der Waals surface area contributed by atoms with Crippen LogP contribution in [0.2, 0.25) is 0 Å². The summed E-state index contributed by atoms with van der Waals surface area (Å²) in [4.78, 5) is 6.93. The van der Waals surface area contributed by atoms with E-state index in [0.29, 0.717) is 12.6 Å². The van der Waals surface area contributed by atoms with Gasteiger partial charge in [0.25, 0.3) is 0 Å². The van der Waals surface area contributed by atoms with E-state index in [-0.39, 0.29) is 5.41 Å². The van der Waals surface area contributed by atoms with Gasteiger partial charge in [0.1, 0.15) is 0 Å².